The summed E-state index contributed by atoms with van der Waals surface area (Å²) in [6, 6.07) is 78.6. The van der Waals surface area contributed by atoms with Gasteiger partial charge in [-0.15, -0.1) is 0 Å². The van der Waals surface area contributed by atoms with Gasteiger partial charge < -0.3 is 4.57 Å². The standard InChI is InChI=1S/C61H41N3/c1-60(2)49-29-13-15-33-54(49)64(59-51(60)35-36-55-58(59)45-23-9-14-32-53(45)63(55)38-18-4-3-5-19-38)56-37-34-42-39(24-17-31-52(42)62-56)43-25-16-30-50-57(43)44-22-8-12-28-48(44)61(50)46-26-10-6-20-40(46)41-21-7-11-27-47(41)61/h3-37H,1-2H3. The first-order valence-electron chi connectivity index (χ1n) is 22.4. The predicted molar refractivity (Wildman–Crippen MR) is 265 cm³/mol. The van der Waals surface area contributed by atoms with Gasteiger partial charge in [-0.1, -0.05) is 178 Å². The fourth-order valence-corrected chi connectivity index (χ4v) is 12.2. The number of anilines is 3. The molecule has 0 atom stereocenters. The molecule has 300 valence electrons. The van der Waals surface area contributed by atoms with Gasteiger partial charge in [0.25, 0.3) is 0 Å². The Bertz CT molecular complexity index is 3730. The summed E-state index contributed by atoms with van der Waals surface area (Å²) in [6.07, 6.45) is 0. The van der Waals surface area contributed by atoms with E-state index in [0.29, 0.717) is 0 Å². The maximum atomic E-state index is 5.67. The molecule has 11 aromatic rings. The Kier molecular flexibility index (Phi) is 7.10. The number of aromatic nitrogens is 2. The first-order valence-corrected chi connectivity index (χ1v) is 22.4. The van der Waals surface area contributed by atoms with Crippen LogP contribution in [0.5, 0.6) is 0 Å². The maximum Gasteiger partial charge on any atom is 0.138 e. The number of hydrogen-bond acceptors (Lipinski definition) is 2. The quantitative estimate of drug-likeness (QED) is 0.177. The first kappa shape index (κ1) is 35.6. The van der Waals surface area contributed by atoms with Crippen LogP contribution in [-0.2, 0) is 10.8 Å². The van der Waals surface area contributed by atoms with Gasteiger partial charge in [0.2, 0.25) is 0 Å². The van der Waals surface area contributed by atoms with Gasteiger partial charge in [-0.2, -0.15) is 0 Å². The zero-order chi connectivity index (χ0) is 42.3. The number of benzene rings is 9. The zero-order valence-corrected chi connectivity index (χ0v) is 35.5. The largest absolute Gasteiger partial charge is 0.309 e. The number of hydrogen-bond donors (Lipinski definition) is 0. The topological polar surface area (TPSA) is 21.1 Å². The lowest BCUT2D eigenvalue weighted by Gasteiger charge is -2.42. The monoisotopic (exact) mass is 815 g/mol. The van der Waals surface area contributed by atoms with Crippen molar-refractivity contribution >= 4 is 49.9 Å². The molecule has 0 bridgehead atoms. The smallest absolute Gasteiger partial charge is 0.138 e. The summed E-state index contributed by atoms with van der Waals surface area (Å²) in [6.45, 7) is 4.74. The molecule has 0 saturated carbocycles. The normalized spacial score (nSPS) is 14.6. The van der Waals surface area contributed by atoms with E-state index in [2.05, 4.69) is 236 Å². The van der Waals surface area contributed by atoms with E-state index in [1.54, 1.807) is 0 Å². The summed E-state index contributed by atoms with van der Waals surface area (Å²) in [4.78, 5) is 8.12. The van der Waals surface area contributed by atoms with Gasteiger partial charge in [0, 0.05) is 27.3 Å². The molecule has 0 fully saturated rings. The number of rotatable bonds is 3. The first-order chi connectivity index (χ1) is 31.5. The van der Waals surface area contributed by atoms with Crippen LogP contribution in [0.25, 0.3) is 71.8 Å². The SMILES string of the molecule is CC1(C)c2ccccc2N(c2ccc3c(-c4cccc5c4-c4ccccc4C54c5ccccc5-c5ccccc54)cccc3n2)c2c1ccc1c2c2ccccc2n1-c1ccccc1. The summed E-state index contributed by atoms with van der Waals surface area (Å²) in [7, 11) is 0. The van der Waals surface area contributed by atoms with Crippen LogP contribution < -0.4 is 4.90 Å². The molecule has 3 heterocycles. The van der Waals surface area contributed by atoms with Crippen molar-refractivity contribution < 1.29 is 0 Å². The van der Waals surface area contributed by atoms with E-state index in [-0.39, 0.29) is 5.41 Å². The minimum Gasteiger partial charge on any atom is -0.309 e. The molecule has 64 heavy (non-hydrogen) atoms. The van der Waals surface area contributed by atoms with Crippen LogP contribution in [0, 0.1) is 0 Å². The minimum absolute atomic E-state index is 0.252. The van der Waals surface area contributed by atoms with Crippen molar-refractivity contribution in [1.82, 2.24) is 9.55 Å². The molecular weight excluding hydrogens is 775 g/mol. The molecule has 1 spiro atoms. The van der Waals surface area contributed by atoms with Gasteiger partial charge in [0.15, 0.2) is 0 Å². The number of nitrogens with zero attached hydrogens (tertiary/aromatic N) is 3. The molecule has 9 aromatic carbocycles. The Labute approximate surface area is 372 Å². The summed E-state index contributed by atoms with van der Waals surface area (Å²) in [5.74, 6) is 0.902. The molecule has 0 amide bonds. The van der Waals surface area contributed by atoms with Crippen LogP contribution in [0.1, 0.15) is 47.2 Å². The van der Waals surface area contributed by atoms with Crippen LogP contribution in [0.4, 0.5) is 17.2 Å². The molecule has 0 unspecified atom stereocenters. The van der Waals surface area contributed by atoms with Crippen molar-refractivity contribution in [2.24, 2.45) is 0 Å². The third-order valence-corrected chi connectivity index (χ3v) is 14.8. The highest BCUT2D eigenvalue weighted by Gasteiger charge is 2.52. The van der Waals surface area contributed by atoms with E-state index in [4.69, 9.17) is 4.98 Å². The molecule has 0 radical (unpaired) electrons. The average Bonchev–Trinajstić information content (AvgIpc) is 3.96. The summed E-state index contributed by atoms with van der Waals surface area (Å²) in [5.41, 5.74) is 21.8. The molecule has 14 rings (SSSR count). The highest BCUT2D eigenvalue weighted by molar-refractivity contribution is 6.18. The Hall–Kier alpha value is -8.01. The van der Waals surface area contributed by atoms with Crippen LogP contribution >= 0.6 is 0 Å². The summed E-state index contributed by atoms with van der Waals surface area (Å²) in [5, 5.41) is 3.60. The van der Waals surface area contributed by atoms with Crippen LogP contribution in [0.3, 0.4) is 0 Å². The molecule has 3 nitrogen and oxygen atoms in total. The average molecular weight is 816 g/mol. The fourth-order valence-electron chi connectivity index (χ4n) is 12.2. The van der Waals surface area contributed by atoms with Crippen molar-refractivity contribution in [3.63, 3.8) is 0 Å². The van der Waals surface area contributed by atoms with E-state index < -0.39 is 5.41 Å². The van der Waals surface area contributed by atoms with Gasteiger partial charge in [0.05, 0.1) is 33.3 Å². The van der Waals surface area contributed by atoms with E-state index in [9.17, 15) is 0 Å². The predicted octanol–water partition coefficient (Wildman–Crippen LogP) is 15.5. The van der Waals surface area contributed by atoms with Gasteiger partial charge in [0.1, 0.15) is 5.82 Å². The van der Waals surface area contributed by atoms with Crippen molar-refractivity contribution in [2.75, 3.05) is 4.90 Å². The highest BCUT2D eigenvalue weighted by Crippen LogP contribution is 2.64. The number of para-hydroxylation sites is 3. The molecule has 3 heteroatoms. The number of pyridine rings is 1. The minimum atomic E-state index is -0.400. The molecule has 2 aromatic heterocycles. The Balaban J connectivity index is 1.00. The van der Waals surface area contributed by atoms with Gasteiger partial charge in [-0.3, -0.25) is 4.90 Å². The Morgan fingerprint density at radius 2 is 0.984 bits per heavy atom. The van der Waals surface area contributed by atoms with Crippen molar-refractivity contribution in [2.45, 2.75) is 24.7 Å². The van der Waals surface area contributed by atoms with Crippen LogP contribution in [-0.4, -0.2) is 9.55 Å². The van der Waals surface area contributed by atoms with Crippen molar-refractivity contribution in [3.8, 4) is 39.1 Å². The Morgan fingerprint density at radius 1 is 0.391 bits per heavy atom. The lowest BCUT2D eigenvalue weighted by Crippen LogP contribution is -2.31. The lowest BCUT2D eigenvalue weighted by atomic mass is 9.70. The van der Waals surface area contributed by atoms with E-state index in [0.717, 1.165) is 28.1 Å². The Morgan fingerprint density at radius 3 is 1.77 bits per heavy atom. The van der Waals surface area contributed by atoms with Gasteiger partial charge >= 0.3 is 0 Å². The zero-order valence-electron chi connectivity index (χ0n) is 35.5. The molecule has 0 N–H and O–H groups in total. The third-order valence-electron chi connectivity index (χ3n) is 14.8. The molecule has 1 aliphatic heterocycles. The lowest BCUT2D eigenvalue weighted by molar-refractivity contribution is 0.632. The molecule has 3 aliphatic rings. The second-order valence-electron chi connectivity index (χ2n) is 18.2. The fraction of sp³-hybridized carbons (Fsp3) is 0.0656. The van der Waals surface area contributed by atoms with Crippen LogP contribution in [0.2, 0.25) is 0 Å². The van der Waals surface area contributed by atoms with Crippen molar-refractivity contribution in [1.29, 1.82) is 0 Å². The van der Waals surface area contributed by atoms with Gasteiger partial charge in [-0.05, 0) is 115 Å². The highest BCUT2D eigenvalue weighted by atomic mass is 15.2. The molecular formula is C61H41N3. The van der Waals surface area contributed by atoms with Crippen LogP contribution in [0.15, 0.2) is 212 Å². The van der Waals surface area contributed by atoms with E-state index in [1.165, 1.54) is 94.3 Å². The summed E-state index contributed by atoms with van der Waals surface area (Å²) >= 11 is 0. The third kappa shape index (κ3) is 4.43. The summed E-state index contributed by atoms with van der Waals surface area (Å²) < 4.78 is 2.42. The van der Waals surface area contributed by atoms with E-state index >= 15 is 0 Å². The second kappa shape index (κ2) is 12.8. The molecule has 2 aliphatic carbocycles. The second-order valence-corrected chi connectivity index (χ2v) is 18.2. The number of fused-ring (bicyclic) bond motifs is 17. The van der Waals surface area contributed by atoms with Crippen molar-refractivity contribution in [3.05, 3.63) is 246 Å². The maximum absolute atomic E-state index is 5.67. The van der Waals surface area contributed by atoms with Gasteiger partial charge in [-0.25, -0.2) is 4.98 Å². The molecule has 0 saturated heterocycles. The van der Waals surface area contributed by atoms with E-state index in [1.807, 2.05) is 0 Å².